The van der Waals surface area contributed by atoms with E-state index in [1.807, 2.05) is 0 Å². The van der Waals surface area contributed by atoms with Crippen molar-refractivity contribution in [3.63, 3.8) is 0 Å². The molecule has 0 aromatic rings. The van der Waals surface area contributed by atoms with Gasteiger partial charge in [0.15, 0.2) is 0 Å². The second-order valence-electron chi connectivity index (χ2n) is 4.58. The third-order valence-corrected chi connectivity index (χ3v) is 3.32. The maximum atomic E-state index is 4.26. The molecule has 1 fully saturated rings. The number of allylic oxidation sites excluding steroid dienone is 1. The summed E-state index contributed by atoms with van der Waals surface area (Å²) in [6.45, 7) is 11.3. The summed E-state index contributed by atoms with van der Waals surface area (Å²) in [4.78, 5) is 2.50. The molecule has 0 saturated carbocycles. The van der Waals surface area contributed by atoms with Gasteiger partial charge in [-0.3, -0.25) is 0 Å². The van der Waals surface area contributed by atoms with E-state index in [0.29, 0.717) is 5.92 Å². The summed E-state index contributed by atoms with van der Waals surface area (Å²) in [6.07, 6.45) is 8.09. The summed E-state index contributed by atoms with van der Waals surface area (Å²) in [6, 6.07) is 0. The molecule has 0 spiro atoms. The summed E-state index contributed by atoms with van der Waals surface area (Å²) < 4.78 is 0. The number of piperidine rings is 1. The normalized spacial score (nSPS) is 19.4. The third-order valence-electron chi connectivity index (χ3n) is 3.32. The molecule has 1 nitrogen and oxygen atoms in total. The molecule has 1 unspecified atom stereocenters. The minimum absolute atomic E-state index is 0.688. The predicted molar refractivity (Wildman–Crippen MR) is 63.3 cm³/mol. The molecule has 0 N–H and O–H groups in total. The Hall–Kier alpha value is -0.460. The van der Waals surface area contributed by atoms with Crippen molar-refractivity contribution in [2.24, 2.45) is 5.92 Å². The van der Waals surface area contributed by atoms with Crippen LogP contribution in [0.1, 0.15) is 52.4 Å². The van der Waals surface area contributed by atoms with Crippen LogP contribution in [0.3, 0.4) is 0 Å². The van der Waals surface area contributed by atoms with Crippen molar-refractivity contribution in [1.29, 1.82) is 0 Å². The average Bonchev–Trinajstić information content (AvgIpc) is 2.26. The molecule has 0 radical (unpaired) electrons. The molecule has 0 aromatic carbocycles. The maximum Gasteiger partial charge on any atom is 0.0174 e. The van der Waals surface area contributed by atoms with E-state index in [-0.39, 0.29) is 0 Å². The van der Waals surface area contributed by atoms with Crippen LogP contribution in [-0.4, -0.2) is 18.0 Å². The number of likely N-dealkylation sites (tertiary alicyclic amines) is 1. The zero-order chi connectivity index (χ0) is 10.4. The molecular formula is C13H25N. The van der Waals surface area contributed by atoms with E-state index in [4.69, 9.17) is 0 Å². The Kier molecular flexibility index (Phi) is 5.06. The van der Waals surface area contributed by atoms with E-state index in [0.717, 1.165) is 0 Å². The molecule has 14 heavy (non-hydrogen) atoms. The molecular weight excluding hydrogens is 170 g/mol. The fourth-order valence-electron chi connectivity index (χ4n) is 2.17. The van der Waals surface area contributed by atoms with Crippen LogP contribution < -0.4 is 0 Å². The van der Waals surface area contributed by atoms with Crippen LogP contribution in [0.2, 0.25) is 0 Å². The van der Waals surface area contributed by atoms with Crippen LogP contribution in [0.5, 0.6) is 0 Å². The number of rotatable bonds is 5. The van der Waals surface area contributed by atoms with E-state index >= 15 is 0 Å². The first-order valence-electron chi connectivity index (χ1n) is 6.19. The summed E-state index contributed by atoms with van der Waals surface area (Å²) in [5.74, 6) is 0.688. The lowest BCUT2D eigenvalue weighted by molar-refractivity contribution is 0.255. The van der Waals surface area contributed by atoms with Crippen molar-refractivity contribution in [2.45, 2.75) is 52.4 Å². The highest BCUT2D eigenvalue weighted by molar-refractivity contribution is 4.99. The van der Waals surface area contributed by atoms with Gasteiger partial charge in [0, 0.05) is 18.8 Å². The zero-order valence-corrected chi connectivity index (χ0v) is 9.89. The van der Waals surface area contributed by atoms with Crippen molar-refractivity contribution in [3.05, 3.63) is 12.3 Å². The first-order valence-corrected chi connectivity index (χ1v) is 6.19. The van der Waals surface area contributed by atoms with Gasteiger partial charge in [-0.05, 0) is 31.6 Å². The minimum Gasteiger partial charge on any atom is -0.375 e. The number of nitrogens with zero attached hydrogens (tertiary/aromatic N) is 1. The first-order chi connectivity index (χ1) is 6.75. The molecule has 0 aliphatic carbocycles. The topological polar surface area (TPSA) is 3.24 Å². The Labute approximate surface area is 89.2 Å². The summed E-state index contributed by atoms with van der Waals surface area (Å²) in [5, 5.41) is 0. The van der Waals surface area contributed by atoms with Gasteiger partial charge in [0.05, 0.1) is 0 Å². The monoisotopic (exact) mass is 195 g/mol. The molecule has 0 amide bonds. The Morgan fingerprint density at radius 1 is 1.29 bits per heavy atom. The largest absolute Gasteiger partial charge is 0.375 e. The van der Waals surface area contributed by atoms with Crippen molar-refractivity contribution in [2.75, 3.05) is 13.1 Å². The zero-order valence-electron chi connectivity index (χ0n) is 9.89. The standard InChI is InChI=1S/C13H25N/c1-4-5-9-12(2)13(3)14-10-7-6-8-11-14/h12H,3-11H2,1-2H3. The number of hydrogen-bond acceptors (Lipinski definition) is 1. The van der Waals surface area contributed by atoms with E-state index in [1.54, 1.807) is 0 Å². The Balaban J connectivity index is 2.30. The molecule has 1 rings (SSSR count). The average molecular weight is 195 g/mol. The van der Waals surface area contributed by atoms with Gasteiger partial charge in [-0.1, -0.05) is 33.3 Å². The van der Waals surface area contributed by atoms with Crippen molar-refractivity contribution < 1.29 is 0 Å². The molecule has 1 aliphatic rings. The fourth-order valence-corrected chi connectivity index (χ4v) is 2.17. The molecule has 1 aliphatic heterocycles. The molecule has 1 heterocycles. The van der Waals surface area contributed by atoms with Gasteiger partial charge in [-0.2, -0.15) is 0 Å². The number of unbranched alkanes of at least 4 members (excludes halogenated alkanes) is 1. The van der Waals surface area contributed by atoms with Gasteiger partial charge in [0.1, 0.15) is 0 Å². The quantitative estimate of drug-likeness (QED) is 0.644. The van der Waals surface area contributed by atoms with Crippen molar-refractivity contribution in [3.8, 4) is 0 Å². The van der Waals surface area contributed by atoms with Gasteiger partial charge < -0.3 is 4.90 Å². The molecule has 0 aromatic heterocycles. The summed E-state index contributed by atoms with van der Waals surface area (Å²) in [7, 11) is 0. The van der Waals surface area contributed by atoms with Crippen LogP contribution in [0.15, 0.2) is 12.3 Å². The molecule has 0 bridgehead atoms. The van der Waals surface area contributed by atoms with Gasteiger partial charge >= 0.3 is 0 Å². The predicted octanol–water partition coefficient (Wildman–Crippen LogP) is 3.81. The van der Waals surface area contributed by atoms with Crippen LogP contribution in [0, 0.1) is 5.92 Å². The minimum atomic E-state index is 0.688. The highest BCUT2D eigenvalue weighted by atomic mass is 15.1. The van der Waals surface area contributed by atoms with Crippen molar-refractivity contribution in [1.82, 2.24) is 4.90 Å². The van der Waals surface area contributed by atoms with E-state index in [9.17, 15) is 0 Å². The highest BCUT2D eigenvalue weighted by Crippen LogP contribution is 2.22. The van der Waals surface area contributed by atoms with E-state index < -0.39 is 0 Å². The molecule has 1 saturated heterocycles. The van der Waals surface area contributed by atoms with Gasteiger partial charge in [0.2, 0.25) is 0 Å². The second-order valence-corrected chi connectivity index (χ2v) is 4.58. The van der Waals surface area contributed by atoms with E-state index in [1.165, 1.54) is 57.3 Å². The van der Waals surface area contributed by atoms with Crippen LogP contribution >= 0.6 is 0 Å². The third kappa shape index (κ3) is 3.36. The SMILES string of the molecule is C=C(C(C)CCCC)N1CCCCC1. The first kappa shape index (κ1) is 11.6. The lowest BCUT2D eigenvalue weighted by atomic mass is 9.99. The van der Waals surface area contributed by atoms with Crippen LogP contribution in [0.4, 0.5) is 0 Å². The second kappa shape index (κ2) is 6.10. The molecule has 82 valence electrons. The van der Waals surface area contributed by atoms with Gasteiger partial charge in [-0.15, -0.1) is 0 Å². The lowest BCUT2D eigenvalue weighted by Crippen LogP contribution is -2.31. The molecule has 1 heteroatoms. The molecule has 1 atom stereocenters. The Morgan fingerprint density at radius 3 is 2.50 bits per heavy atom. The summed E-state index contributed by atoms with van der Waals surface area (Å²) >= 11 is 0. The van der Waals surface area contributed by atoms with Crippen molar-refractivity contribution >= 4 is 0 Å². The van der Waals surface area contributed by atoms with Crippen LogP contribution in [-0.2, 0) is 0 Å². The Bertz CT molecular complexity index is 168. The smallest absolute Gasteiger partial charge is 0.0174 e. The fraction of sp³-hybridized carbons (Fsp3) is 0.846. The highest BCUT2D eigenvalue weighted by Gasteiger charge is 2.15. The number of hydrogen-bond donors (Lipinski definition) is 0. The lowest BCUT2D eigenvalue weighted by Gasteiger charge is -2.33. The van der Waals surface area contributed by atoms with Gasteiger partial charge in [0.25, 0.3) is 0 Å². The van der Waals surface area contributed by atoms with E-state index in [2.05, 4.69) is 25.3 Å². The van der Waals surface area contributed by atoms with Crippen LogP contribution in [0.25, 0.3) is 0 Å². The Morgan fingerprint density at radius 2 is 1.93 bits per heavy atom. The summed E-state index contributed by atoms with van der Waals surface area (Å²) in [5.41, 5.74) is 1.39. The van der Waals surface area contributed by atoms with Gasteiger partial charge in [-0.25, -0.2) is 0 Å². The maximum absolute atomic E-state index is 4.26.